The third-order valence-electron chi connectivity index (χ3n) is 5.61. The van der Waals surface area contributed by atoms with Crippen LogP contribution in [-0.4, -0.2) is 24.0 Å². The summed E-state index contributed by atoms with van der Waals surface area (Å²) in [6.45, 7) is 3.20. The zero-order chi connectivity index (χ0) is 17.1. The SMILES string of the molecule is Fc1ccccc1NC1CCN(Cc2ccccc2)CC1CC1CC1. The Morgan fingerprint density at radius 3 is 2.48 bits per heavy atom. The van der Waals surface area contributed by atoms with Gasteiger partial charge in [-0.25, -0.2) is 4.39 Å². The average molecular weight is 338 g/mol. The average Bonchev–Trinajstić information content (AvgIpc) is 3.44. The predicted molar refractivity (Wildman–Crippen MR) is 101 cm³/mol. The number of nitrogens with one attached hydrogen (secondary N) is 1. The molecule has 2 aromatic rings. The van der Waals surface area contributed by atoms with Gasteiger partial charge in [-0.05, 0) is 42.4 Å². The quantitative estimate of drug-likeness (QED) is 0.803. The molecule has 2 unspecified atom stereocenters. The fourth-order valence-electron chi connectivity index (χ4n) is 4.08. The molecule has 2 fully saturated rings. The molecule has 0 aromatic heterocycles. The van der Waals surface area contributed by atoms with Crippen LogP contribution in [0.2, 0.25) is 0 Å². The van der Waals surface area contributed by atoms with Crippen LogP contribution in [0, 0.1) is 17.7 Å². The number of benzene rings is 2. The maximum atomic E-state index is 14.0. The molecule has 0 radical (unpaired) electrons. The van der Waals surface area contributed by atoms with Crippen molar-refractivity contribution in [1.82, 2.24) is 4.90 Å². The molecule has 1 N–H and O–H groups in total. The van der Waals surface area contributed by atoms with E-state index < -0.39 is 0 Å². The Hall–Kier alpha value is -1.87. The zero-order valence-electron chi connectivity index (χ0n) is 14.7. The summed E-state index contributed by atoms with van der Waals surface area (Å²) < 4.78 is 14.0. The van der Waals surface area contributed by atoms with E-state index in [2.05, 4.69) is 40.5 Å². The van der Waals surface area contributed by atoms with Crippen LogP contribution in [0.5, 0.6) is 0 Å². The van der Waals surface area contributed by atoms with Gasteiger partial charge in [0.05, 0.1) is 5.69 Å². The van der Waals surface area contributed by atoms with Gasteiger partial charge in [-0.1, -0.05) is 55.3 Å². The summed E-state index contributed by atoms with van der Waals surface area (Å²) in [4.78, 5) is 2.57. The molecule has 2 nitrogen and oxygen atoms in total. The topological polar surface area (TPSA) is 15.3 Å². The van der Waals surface area contributed by atoms with E-state index in [1.54, 1.807) is 12.1 Å². The lowest BCUT2D eigenvalue weighted by Gasteiger charge is -2.39. The van der Waals surface area contributed by atoms with Crippen molar-refractivity contribution in [3.63, 3.8) is 0 Å². The van der Waals surface area contributed by atoms with Crippen molar-refractivity contribution in [2.75, 3.05) is 18.4 Å². The molecule has 132 valence electrons. The first-order chi connectivity index (χ1) is 12.3. The third kappa shape index (κ3) is 4.40. The summed E-state index contributed by atoms with van der Waals surface area (Å²) in [5.41, 5.74) is 2.04. The second kappa shape index (κ2) is 7.57. The number of likely N-dealkylation sites (tertiary alicyclic amines) is 1. The van der Waals surface area contributed by atoms with Crippen molar-refractivity contribution >= 4 is 5.69 Å². The van der Waals surface area contributed by atoms with Crippen molar-refractivity contribution < 1.29 is 4.39 Å². The minimum atomic E-state index is -0.139. The number of rotatable bonds is 6. The van der Waals surface area contributed by atoms with Crippen molar-refractivity contribution in [1.29, 1.82) is 0 Å². The molecule has 0 amide bonds. The number of para-hydroxylation sites is 1. The van der Waals surface area contributed by atoms with Gasteiger partial charge in [0.2, 0.25) is 0 Å². The molecule has 1 aliphatic carbocycles. The van der Waals surface area contributed by atoms with Crippen LogP contribution in [0.15, 0.2) is 54.6 Å². The molecule has 0 bridgehead atoms. The highest BCUT2D eigenvalue weighted by molar-refractivity contribution is 5.45. The van der Waals surface area contributed by atoms with Gasteiger partial charge in [0.1, 0.15) is 5.82 Å². The summed E-state index contributed by atoms with van der Waals surface area (Å²) >= 11 is 0. The van der Waals surface area contributed by atoms with Gasteiger partial charge in [0.25, 0.3) is 0 Å². The zero-order valence-corrected chi connectivity index (χ0v) is 14.7. The van der Waals surface area contributed by atoms with Crippen LogP contribution in [0.3, 0.4) is 0 Å². The van der Waals surface area contributed by atoms with Gasteiger partial charge < -0.3 is 5.32 Å². The monoisotopic (exact) mass is 338 g/mol. The molecular formula is C22H27FN2. The van der Waals surface area contributed by atoms with Crippen LogP contribution < -0.4 is 5.32 Å². The second-order valence-corrected chi connectivity index (χ2v) is 7.68. The maximum absolute atomic E-state index is 14.0. The van der Waals surface area contributed by atoms with E-state index in [-0.39, 0.29) is 5.82 Å². The van der Waals surface area contributed by atoms with E-state index >= 15 is 0 Å². The van der Waals surface area contributed by atoms with E-state index in [9.17, 15) is 4.39 Å². The largest absolute Gasteiger partial charge is 0.380 e. The Morgan fingerprint density at radius 1 is 0.960 bits per heavy atom. The Morgan fingerprint density at radius 2 is 1.72 bits per heavy atom. The van der Waals surface area contributed by atoms with Crippen LogP contribution in [0.4, 0.5) is 10.1 Å². The van der Waals surface area contributed by atoms with E-state index in [0.717, 1.165) is 32.0 Å². The minimum absolute atomic E-state index is 0.139. The summed E-state index contributed by atoms with van der Waals surface area (Å²) in [7, 11) is 0. The number of halogens is 1. The van der Waals surface area contributed by atoms with E-state index in [0.29, 0.717) is 17.6 Å². The van der Waals surface area contributed by atoms with Gasteiger partial charge in [-0.15, -0.1) is 0 Å². The van der Waals surface area contributed by atoms with Gasteiger partial charge in [0, 0.05) is 25.7 Å². The summed E-state index contributed by atoms with van der Waals surface area (Å²) in [6.07, 6.45) is 5.11. The van der Waals surface area contributed by atoms with Crippen molar-refractivity contribution in [3.05, 3.63) is 66.0 Å². The van der Waals surface area contributed by atoms with E-state index in [4.69, 9.17) is 0 Å². The van der Waals surface area contributed by atoms with Crippen LogP contribution in [-0.2, 0) is 6.54 Å². The molecule has 3 heteroatoms. The van der Waals surface area contributed by atoms with Crippen LogP contribution in [0.1, 0.15) is 31.2 Å². The standard InChI is InChI=1S/C22H27FN2/c23-20-8-4-5-9-22(20)24-21-12-13-25(15-18-6-2-1-3-7-18)16-19(21)14-17-10-11-17/h1-9,17,19,21,24H,10-16H2. The number of hydrogen-bond donors (Lipinski definition) is 1. The Balaban J connectivity index is 1.42. The van der Waals surface area contributed by atoms with E-state index in [1.807, 2.05) is 12.1 Å². The third-order valence-corrected chi connectivity index (χ3v) is 5.61. The molecule has 2 atom stereocenters. The summed E-state index contributed by atoms with van der Waals surface area (Å²) in [6, 6.07) is 18.2. The molecule has 1 aliphatic heterocycles. The normalized spacial score (nSPS) is 24.2. The van der Waals surface area contributed by atoms with Gasteiger partial charge in [0.15, 0.2) is 0 Å². The summed E-state index contributed by atoms with van der Waals surface area (Å²) in [5.74, 6) is 1.36. The van der Waals surface area contributed by atoms with Gasteiger partial charge >= 0.3 is 0 Å². The minimum Gasteiger partial charge on any atom is -0.380 e. The Labute approximate surface area is 150 Å². The molecule has 2 aromatic carbocycles. The molecule has 1 saturated heterocycles. The van der Waals surface area contributed by atoms with Crippen molar-refractivity contribution in [2.45, 2.75) is 38.3 Å². The lowest BCUT2D eigenvalue weighted by Crippen LogP contribution is -2.46. The fraction of sp³-hybridized carbons (Fsp3) is 0.455. The predicted octanol–water partition coefficient (Wildman–Crippen LogP) is 4.93. The molecule has 25 heavy (non-hydrogen) atoms. The number of hydrogen-bond acceptors (Lipinski definition) is 2. The van der Waals surface area contributed by atoms with Gasteiger partial charge in [-0.2, -0.15) is 0 Å². The fourth-order valence-corrected chi connectivity index (χ4v) is 4.08. The van der Waals surface area contributed by atoms with Crippen molar-refractivity contribution in [3.8, 4) is 0 Å². The first kappa shape index (κ1) is 16.6. The van der Waals surface area contributed by atoms with E-state index in [1.165, 1.54) is 24.8 Å². The molecule has 1 saturated carbocycles. The number of piperidine rings is 1. The van der Waals surface area contributed by atoms with Gasteiger partial charge in [-0.3, -0.25) is 4.90 Å². The number of nitrogens with zero attached hydrogens (tertiary/aromatic N) is 1. The second-order valence-electron chi connectivity index (χ2n) is 7.68. The highest BCUT2D eigenvalue weighted by Gasteiger charge is 2.34. The highest BCUT2D eigenvalue weighted by Crippen LogP contribution is 2.38. The molecule has 1 heterocycles. The van der Waals surface area contributed by atoms with Crippen LogP contribution >= 0.6 is 0 Å². The lowest BCUT2D eigenvalue weighted by molar-refractivity contribution is 0.145. The Bertz CT molecular complexity index is 683. The lowest BCUT2D eigenvalue weighted by atomic mass is 9.87. The molecule has 2 aliphatic rings. The number of anilines is 1. The molecule has 0 spiro atoms. The van der Waals surface area contributed by atoms with Crippen LogP contribution in [0.25, 0.3) is 0 Å². The summed E-state index contributed by atoms with van der Waals surface area (Å²) in [5, 5.41) is 3.52. The first-order valence-corrected chi connectivity index (χ1v) is 9.55. The maximum Gasteiger partial charge on any atom is 0.146 e. The molecular weight excluding hydrogens is 311 g/mol. The smallest absolute Gasteiger partial charge is 0.146 e. The first-order valence-electron chi connectivity index (χ1n) is 9.55. The Kier molecular flexibility index (Phi) is 5.02. The molecule has 4 rings (SSSR count). The highest BCUT2D eigenvalue weighted by atomic mass is 19.1. The van der Waals surface area contributed by atoms with Crippen molar-refractivity contribution in [2.24, 2.45) is 11.8 Å².